The van der Waals surface area contributed by atoms with E-state index in [2.05, 4.69) is 36.0 Å². The molecule has 0 aliphatic heterocycles. The van der Waals surface area contributed by atoms with Crippen molar-refractivity contribution in [1.29, 1.82) is 0 Å². The van der Waals surface area contributed by atoms with E-state index in [1.807, 2.05) is 12.1 Å². The highest BCUT2D eigenvalue weighted by molar-refractivity contribution is 6.31. The van der Waals surface area contributed by atoms with Crippen LogP contribution in [0.4, 0.5) is 5.82 Å². The number of rotatable bonds is 8. The van der Waals surface area contributed by atoms with Crippen molar-refractivity contribution in [2.24, 2.45) is 0 Å². The fourth-order valence-electron chi connectivity index (χ4n) is 1.82. The van der Waals surface area contributed by atoms with Crippen LogP contribution < -0.4 is 5.32 Å². The molecule has 0 aromatic carbocycles. The van der Waals surface area contributed by atoms with Crippen LogP contribution in [-0.4, -0.2) is 29.5 Å². The van der Waals surface area contributed by atoms with Gasteiger partial charge in [-0.3, -0.25) is 4.90 Å². The van der Waals surface area contributed by atoms with Crippen molar-refractivity contribution in [3.8, 4) is 0 Å². The molecule has 3 nitrogen and oxygen atoms in total. The maximum absolute atomic E-state index is 6.21. The topological polar surface area (TPSA) is 28.2 Å². The Bertz CT molecular complexity index is 355. The number of halogens is 1. The van der Waals surface area contributed by atoms with Gasteiger partial charge in [0.05, 0.1) is 10.7 Å². The Labute approximate surface area is 116 Å². The highest BCUT2D eigenvalue weighted by Crippen LogP contribution is 2.18. The van der Waals surface area contributed by atoms with Crippen molar-refractivity contribution < 1.29 is 0 Å². The summed E-state index contributed by atoms with van der Waals surface area (Å²) in [5, 5.41) is 3.98. The van der Waals surface area contributed by atoms with Crippen LogP contribution in [0.1, 0.15) is 39.3 Å². The minimum Gasteiger partial charge on any atom is -0.370 e. The first-order valence-electron chi connectivity index (χ1n) is 6.82. The molecule has 1 heterocycles. The molecule has 4 heteroatoms. The lowest BCUT2D eigenvalue weighted by atomic mass is 10.2. The van der Waals surface area contributed by atoms with Gasteiger partial charge in [-0.2, -0.15) is 0 Å². The summed E-state index contributed by atoms with van der Waals surface area (Å²) < 4.78 is 0. The van der Waals surface area contributed by atoms with Crippen LogP contribution in [-0.2, 0) is 6.54 Å². The number of anilines is 1. The molecule has 102 valence electrons. The Morgan fingerprint density at radius 3 is 2.67 bits per heavy atom. The van der Waals surface area contributed by atoms with E-state index < -0.39 is 0 Å². The van der Waals surface area contributed by atoms with Crippen LogP contribution in [0, 0.1) is 0 Å². The first-order chi connectivity index (χ1) is 8.71. The third-order valence-corrected chi connectivity index (χ3v) is 3.27. The maximum Gasteiger partial charge on any atom is 0.126 e. The normalized spacial score (nSPS) is 10.9. The summed E-state index contributed by atoms with van der Waals surface area (Å²) in [6, 6.07) is 3.85. The smallest absolute Gasteiger partial charge is 0.126 e. The number of hydrogen-bond acceptors (Lipinski definition) is 3. The summed E-state index contributed by atoms with van der Waals surface area (Å²) >= 11 is 6.21. The lowest BCUT2D eigenvalue weighted by Gasteiger charge is -2.20. The van der Waals surface area contributed by atoms with E-state index in [0.717, 1.165) is 42.7 Å². The zero-order valence-electron chi connectivity index (χ0n) is 11.7. The van der Waals surface area contributed by atoms with Gasteiger partial charge in [-0.1, -0.05) is 31.9 Å². The third kappa shape index (κ3) is 4.83. The number of unbranched alkanes of at least 4 members (excludes halogenated alkanes) is 1. The Balaban J connectivity index is 2.71. The SMILES string of the molecule is CCCCN(CC)Cc1nc(NCC)ccc1Cl. The maximum atomic E-state index is 6.21. The standard InChI is InChI=1S/C14H24ClN3/c1-4-7-10-18(6-3)11-13-12(15)8-9-14(17-13)16-5-2/h8-9H,4-7,10-11H2,1-3H3,(H,16,17). The van der Waals surface area contributed by atoms with Crippen molar-refractivity contribution in [3.63, 3.8) is 0 Å². The molecule has 0 fully saturated rings. The van der Waals surface area contributed by atoms with E-state index in [-0.39, 0.29) is 0 Å². The summed E-state index contributed by atoms with van der Waals surface area (Å²) in [4.78, 5) is 6.96. The predicted octanol–water partition coefficient (Wildman–Crippen LogP) is 3.79. The first kappa shape index (κ1) is 15.3. The zero-order chi connectivity index (χ0) is 13.4. The molecule has 0 aliphatic rings. The Morgan fingerprint density at radius 2 is 2.06 bits per heavy atom. The molecule has 0 aliphatic carbocycles. The number of nitrogens with one attached hydrogen (secondary N) is 1. The van der Waals surface area contributed by atoms with Crippen molar-refractivity contribution in [1.82, 2.24) is 9.88 Å². The van der Waals surface area contributed by atoms with E-state index in [9.17, 15) is 0 Å². The minimum absolute atomic E-state index is 0.756. The van der Waals surface area contributed by atoms with Crippen LogP contribution in [0.15, 0.2) is 12.1 Å². The van der Waals surface area contributed by atoms with Crippen LogP contribution in [0.2, 0.25) is 5.02 Å². The fraction of sp³-hybridized carbons (Fsp3) is 0.643. The van der Waals surface area contributed by atoms with Crippen LogP contribution >= 0.6 is 11.6 Å². The van der Waals surface area contributed by atoms with E-state index >= 15 is 0 Å². The van der Waals surface area contributed by atoms with Crippen molar-refractivity contribution in [2.75, 3.05) is 25.0 Å². The molecule has 0 spiro atoms. The van der Waals surface area contributed by atoms with Crippen LogP contribution in [0.25, 0.3) is 0 Å². The van der Waals surface area contributed by atoms with Gasteiger partial charge in [-0.05, 0) is 38.6 Å². The van der Waals surface area contributed by atoms with Gasteiger partial charge < -0.3 is 5.32 Å². The lowest BCUT2D eigenvalue weighted by molar-refractivity contribution is 0.272. The number of pyridine rings is 1. The minimum atomic E-state index is 0.756. The fourth-order valence-corrected chi connectivity index (χ4v) is 1.98. The van der Waals surface area contributed by atoms with E-state index in [0.29, 0.717) is 0 Å². The monoisotopic (exact) mass is 269 g/mol. The molecule has 0 atom stereocenters. The number of nitrogens with zero attached hydrogens (tertiary/aromatic N) is 2. The van der Waals surface area contributed by atoms with Crippen molar-refractivity contribution in [3.05, 3.63) is 22.8 Å². The molecule has 1 aromatic rings. The van der Waals surface area contributed by atoms with Crippen molar-refractivity contribution >= 4 is 17.4 Å². The Morgan fingerprint density at radius 1 is 1.28 bits per heavy atom. The Kier molecular flexibility index (Phi) is 7.06. The molecular weight excluding hydrogens is 246 g/mol. The summed E-state index contributed by atoms with van der Waals surface area (Å²) in [7, 11) is 0. The molecule has 0 amide bonds. The molecule has 0 radical (unpaired) electrons. The first-order valence-corrected chi connectivity index (χ1v) is 7.20. The van der Waals surface area contributed by atoms with Gasteiger partial charge in [-0.15, -0.1) is 0 Å². The second-order valence-corrected chi connectivity index (χ2v) is 4.78. The average molecular weight is 270 g/mol. The van der Waals surface area contributed by atoms with E-state index in [1.54, 1.807) is 0 Å². The molecule has 0 bridgehead atoms. The second kappa shape index (κ2) is 8.33. The Hall–Kier alpha value is -0.800. The molecule has 0 saturated carbocycles. The van der Waals surface area contributed by atoms with Gasteiger partial charge in [-0.25, -0.2) is 4.98 Å². The summed E-state index contributed by atoms with van der Waals surface area (Å²) in [5.41, 5.74) is 0.966. The third-order valence-electron chi connectivity index (χ3n) is 2.93. The van der Waals surface area contributed by atoms with Gasteiger partial charge in [0.2, 0.25) is 0 Å². The summed E-state index contributed by atoms with van der Waals surface area (Å²) in [6.07, 6.45) is 2.44. The highest BCUT2D eigenvalue weighted by atomic mass is 35.5. The van der Waals surface area contributed by atoms with Gasteiger partial charge in [0.15, 0.2) is 0 Å². The van der Waals surface area contributed by atoms with E-state index in [4.69, 9.17) is 11.6 Å². The number of aromatic nitrogens is 1. The molecule has 0 saturated heterocycles. The van der Waals surface area contributed by atoms with Gasteiger partial charge >= 0.3 is 0 Å². The van der Waals surface area contributed by atoms with Crippen LogP contribution in [0.5, 0.6) is 0 Å². The van der Waals surface area contributed by atoms with Gasteiger partial charge in [0.25, 0.3) is 0 Å². The zero-order valence-corrected chi connectivity index (χ0v) is 12.4. The van der Waals surface area contributed by atoms with Crippen molar-refractivity contribution in [2.45, 2.75) is 40.2 Å². The van der Waals surface area contributed by atoms with Crippen LogP contribution in [0.3, 0.4) is 0 Å². The van der Waals surface area contributed by atoms with Gasteiger partial charge in [0, 0.05) is 13.1 Å². The quantitative estimate of drug-likeness (QED) is 0.778. The molecular formula is C14H24ClN3. The van der Waals surface area contributed by atoms with E-state index in [1.165, 1.54) is 12.8 Å². The molecule has 1 N–H and O–H groups in total. The second-order valence-electron chi connectivity index (χ2n) is 4.38. The summed E-state index contributed by atoms with van der Waals surface area (Å²) in [5.74, 6) is 0.906. The summed E-state index contributed by atoms with van der Waals surface area (Å²) in [6.45, 7) is 10.3. The molecule has 1 rings (SSSR count). The number of hydrogen-bond donors (Lipinski definition) is 1. The molecule has 1 aromatic heterocycles. The average Bonchev–Trinajstić information content (AvgIpc) is 2.38. The molecule has 0 unspecified atom stereocenters. The highest BCUT2D eigenvalue weighted by Gasteiger charge is 2.08. The predicted molar refractivity (Wildman–Crippen MR) is 79.3 cm³/mol. The van der Waals surface area contributed by atoms with Gasteiger partial charge in [0.1, 0.15) is 5.82 Å². The lowest BCUT2D eigenvalue weighted by Crippen LogP contribution is -2.24. The molecule has 18 heavy (non-hydrogen) atoms. The largest absolute Gasteiger partial charge is 0.370 e.